The highest BCUT2D eigenvalue weighted by Crippen LogP contribution is 2.26. The summed E-state index contributed by atoms with van der Waals surface area (Å²) in [7, 11) is 0. The van der Waals surface area contributed by atoms with Crippen LogP contribution in [0.5, 0.6) is 0 Å². The first-order valence-electron chi connectivity index (χ1n) is 6.01. The molecule has 1 aromatic rings. The molecule has 2 atom stereocenters. The van der Waals surface area contributed by atoms with Crippen molar-refractivity contribution >= 4 is 5.91 Å². The fourth-order valence-electron chi connectivity index (χ4n) is 2.44. The van der Waals surface area contributed by atoms with Crippen molar-refractivity contribution in [3.05, 3.63) is 35.4 Å². The van der Waals surface area contributed by atoms with Gasteiger partial charge in [-0.05, 0) is 24.5 Å². The van der Waals surface area contributed by atoms with Crippen molar-refractivity contribution in [2.75, 3.05) is 13.1 Å². The molecule has 0 aromatic heterocycles. The molecule has 0 aliphatic carbocycles. The lowest BCUT2D eigenvalue weighted by Gasteiger charge is -2.25. The van der Waals surface area contributed by atoms with Crippen LogP contribution in [0, 0.1) is 17.6 Å². The molecule has 3 nitrogen and oxygen atoms in total. The Hall–Kier alpha value is -1.49. The largest absolute Gasteiger partial charge is 0.334 e. The van der Waals surface area contributed by atoms with Gasteiger partial charge in [0.2, 0.25) is 0 Å². The minimum Gasteiger partial charge on any atom is -0.334 e. The highest BCUT2D eigenvalue weighted by molar-refractivity contribution is 5.95. The van der Waals surface area contributed by atoms with Crippen LogP contribution < -0.4 is 5.73 Å². The molecule has 0 bridgehead atoms. The van der Waals surface area contributed by atoms with Crippen molar-refractivity contribution in [2.24, 2.45) is 11.7 Å². The molecule has 1 fully saturated rings. The monoisotopic (exact) mass is 254 g/mol. The molecule has 1 aliphatic rings. The number of carbonyl (C=O) groups excluding carboxylic acids is 1. The zero-order chi connectivity index (χ0) is 13.3. The Balaban J connectivity index is 2.29. The first-order valence-corrected chi connectivity index (χ1v) is 6.01. The van der Waals surface area contributed by atoms with Gasteiger partial charge in [-0.3, -0.25) is 4.79 Å². The van der Waals surface area contributed by atoms with Gasteiger partial charge >= 0.3 is 0 Å². The fourth-order valence-corrected chi connectivity index (χ4v) is 2.44. The van der Waals surface area contributed by atoms with Crippen LogP contribution in [-0.2, 0) is 0 Å². The van der Waals surface area contributed by atoms with Gasteiger partial charge in [-0.15, -0.1) is 0 Å². The Morgan fingerprint density at radius 3 is 2.89 bits per heavy atom. The molecule has 1 aromatic carbocycles. The zero-order valence-electron chi connectivity index (χ0n) is 10.2. The number of nitrogens with zero attached hydrogens (tertiary/aromatic N) is 1. The molecule has 0 radical (unpaired) electrons. The van der Waals surface area contributed by atoms with E-state index < -0.39 is 17.5 Å². The summed E-state index contributed by atoms with van der Waals surface area (Å²) in [5.74, 6) is -2.28. The molecule has 1 heterocycles. The van der Waals surface area contributed by atoms with Gasteiger partial charge < -0.3 is 10.6 Å². The number of rotatable bonds is 2. The summed E-state index contributed by atoms with van der Waals surface area (Å²) in [5.41, 5.74) is 5.42. The van der Waals surface area contributed by atoms with Crippen LogP contribution >= 0.6 is 0 Å². The standard InChI is InChI=1S/C13H16F2N2O/c1-8-5-6-17(11(8)7-16)13(18)9-3-2-4-10(14)12(9)15/h2-4,8,11H,5-7,16H2,1H3. The van der Waals surface area contributed by atoms with Gasteiger partial charge in [0, 0.05) is 19.1 Å². The van der Waals surface area contributed by atoms with Gasteiger partial charge in [0.1, 0.15) is 0 Å². The van der Waals surface area contributed by atoms with Crippen LogP contribution in [0.15, 0.2) is 18.2 Å². The van der Waals surface area contributed by atoms with Crippen molar-refractivity contribution in [1.29, 1.82) is 0 Å². The summed E-state index contributed by atoms with van der Waals surface area (Å²) in [4.78, 5) is 13.7. The average Bonchev–Trinajstić information content (AvgIpc) is 2.73. The van der Waals surface area contributed by atoms with E-state index in [1.807, 2.05) is 6.92 Å². The Morgan fingerprint density at radius 2 is 2.22 bits per heavy atom. The molecule has 0 spiro atoms. The molecule has 18 heavy (non-hydrogen) atoms. The lowest BCUT2D eigenvalue weighted by molar-refractivity contribution is 0.0721. The number of amides is 1. The van der Waals surface area contributed by atoms with E-state index in [1.54, 1.807) is 4.90 Å². The Bertz CT molecular complexity index is 464. The smallest absolute Gasteiger partial charge is 0.257 e. The molecule has 1 amide bonds. The van der Waals surface area contributed by atoms with Crippen molar-refractivity contribution < 1.29 is 13.6 Å². The lowest BCUT2D eigenvalue weighted by Crippen LogP contribution is -2.42. The third-order valence-corrected chi connectivity index (χ3v) is 3.57. The first-order chi connectivity index (χ1) is 8.56. The van der Waals surface area contributed by atoms with Crippen LogP contribution in [0.4, 0.5) is 8.78 Å². The number of hydrogen-bond acceptors (Lipinski definition) is 2. The van der Waals surface area contributed by atoms with Gasteiger partial charge in [-0.1, -0.05) is 13.0 Å². The van der Waals surface area contributed by atoms with E-state index in [0.717, 1.165) is 12.5 Å². The molecule has 98 valence electrons. The van der Waals surface area contributed by atoms with Crippen LogP contribution in [0.1, 0.15) is 23.7 Å². The normalized spacial score (nSPS) is 23.4. The summed E-state index contributed by atoms with van der Waals surface area (Å²) in [5, 5.41) is 0. The minimum absolute atomic E-state index is 0.0971. The highest BCUT2D eigenvalue weighted by Gasteiger charge is 2.34. The van der Waals surface area contributed by atoms with Gasteiger partial charge in [-0.25, -0.2) is 8.78 Å². The molecule has 2 N–H and O–H groups in total. The second-order valence-electron chi connectivity index (χ2n) is 4.67. The van der Waals surface area contributed by atoms with E-state index in [1.165, 1.54) is 12.1 Å². The minimum atomic E-state index is -1.09. The van der Waals surface area contributed by atoms with E-state index >= 15 is 0 Å². The molecule has 1 aliphatic heterocycles. The topological polar surface area (TPSA) is 46.3 Å². The lowest BCUT2D eigenvalue weighted by atomic mass is 10.0. The summed E-state index contributed by atoms with van der Waals surface area (Å²) in [6, 6.07) is 3.54. The van der Waals surface area contributed by atoms with Crippen molar-refractivity contribution in [1.82, 2.24) is 4.90 Å². The van der Waals surface area contributed by atoms with Crippen molar-refractivity contribution in [3.63, 3.8) is 0 Å². The third-order valence-electron chi connectivity index (χ3n) is 3.57. The second-order valence-corrected chi connectivity index (χ2v) is 4.67. The number of carbonyl (C=O) groups is 1. The molecular weight excluding hydrogens is 238 g/mol. The summed E-state index contributed by atoms with van der Waals surface area (Å²) < 4.78 is 26.7. The zero-order valence-corrected chi connectivity index (χ0v) is 10.2. The second kappa shape index (κ2) is 5.02. The van der Waals surface area contributed by atoms with Gasteiger partial charge in [0.15, 0.2) is 11.6 Å². The predicted molar refractivity (Wildman–Crippen MR) is 64.0 cm³/mol. The Kier molecular flexibility index (Phi) is 3.61. The van der Waals surface area contributed by atoms with E-state index in [0.29, 0.717) is 13.1 Å². The highest BCUT2D eigenvalue weighted by atomic mass is 19.2. The Labute approximate surface area is 105 Å². The van der Waals surface area contributed by atoms with Crippen LogP contribution in [0.2, 0.25) is 0 Å². The van der Waals surface area contributed by atoms with Crippen molar-refractivity contribution in [2.45, 2.75) is 19.4 Å². The third kappa shape index (κ3) is 2.10. The molecule has 0 saturated carbocycles. The van der Waals surface area contributed by atoms with Crippen LogP contribution in [0.25, 0.3) is 0 Å². The van der Waals surface area contributed by atoms with E-state index in [9.17, 15) is 13.6 Å². The van der Waals surface area contributed by atoms with Gasteiger partial charge in [0.05, 0.1) is 5.56 Å². The number of halogens is 2. The molecule has 2 rings (SSSR count). The summed E-state index contributed by atoms with van der Waals surface area (Å²) >= 11 is 0. The quantitative estimate of drug-likeness (QED) is 0.874. The van der Waals surface area contributed by atoms with E-state index in [4.69, 9.17) is 5.73 Å². The Morgan fingerprint density at radius 1 is 1.50 bits per heavy atom. The van der Waals surface area contributed by atoms with Crippen molar-refractivity contribution in [3.8, 4) is 0 Å². The van der Waals surface area contributed by atoms with Gasteiger partial charge in [0.25, 0.3) is 5.91 Å². The van der Waals surface area contributed by atoms with Crippen LogP contribution in [0.3, 0.4) is 0 Å². The summed E-state index contributed by atoms with van der Waals surface area (Å²) in [6.45, 7) is 2.88. The van der Waals surface area contributed by atoms with Crippen LogP contribution in [-0.4, -0.2) is 29.9 Å². The molecule has 5 heteroatoms. The number of nitrogens with two attached hydrogens (primary N) is 1. The first kappa shape index (κ1) is 13.0. The maximum absolute atomic E-state index is 13.6. The predicted octanol–water partition coefficient (Wildman–Crippen LogP) is 1.77. The number of likely N-dealkylation sites (tertiary alicyclic amines) is 1. The maximum Gasteiger partial charge on any atom is 0.257 e. The fraction of sp³-hybridized carbons (Fsp3) is 0.462. The summed E-state index contributed by atoms with van der Waals surface area (Å²) in [6.07, 6.45) is 0.838. The maximum atomic E-state index is 13.6. The van der Waals surface area contributed by atoms with E-state index in [-0.39, 0.29) is 17.5 Å². The SMILES string of the molecule is CC1CCN(C(=O)c2cccc(F)c2F)C1CN. The van der Waals surface area contributed by atoms with Gasteiger partial charge in [-0.2, -0.15) is 0 Å². The molecule has 1 saturated heterocycles. The number of benzene rings is 1. The molecular formula is C13H16F2N2O. The van der Waals surface area contributed by atoms with E-state index in [2.05, 4.69) is 0 Å². The molecule has 2 unspecified atom stereocenters. The average molecular weight is 254 g/mol. The number of hydrogen-bond donors (Lipinski definition) is 1.